The molecule has 3 aliphatic rings. The molecule has 3 aliphatic heterocycles. The summed E-state index contributed by atoms with van der Waals surface area (Å²) in [5.41, 5.74) is 0. The molecule has 0 amide bonds. The van der Waals surface area contributed by atoms with Crippen molar-refractivity contribution >= 4 is 5.97 Å². The highest BCUT2D eigenvalue weighted by Crippen LogP contribution is 2.49. The van der Waals surface area contributed by atoms with E-state index in [1.807, 2.05) is 0 Å². The van der Waals surface area contributed by atoms with E-state index in [1.165, 1.54) is 0 Å². The number of fused-ring (bicyclic) bond motifs is 1. The molecule has 2 bridgehead atoms. The Labute approximate surface area is 64.7 Å². The van der Waals surface area contributed by atoms with Gasteiger partial charge in [-0.3, -0.25) is 4.79 Å². The molecule has 3 fully saturated rings. The third kappa shape index (κ3) is 0.527. The quantitative estimate of drug-likeness (QED) is 0.472. The van der Waals surface area contributed by atoms with Crippen LogP contribution in [0.3, 0.4) is 0 Å². The summed E-state index contributed by atoms with van der Waals surface area (Å²) in [6.07, 6.45) is 1.41. The molecule has 3 saturated heterocycles. The topological polar surface area (TPSA) is 35.5 Å². The van der Waals surface area contributed by atoms with Crippen LogP contribution in [0.5, 0.6) is 0 Å². The highest BCUT2D eigenvalue weighted by molar-refractivity contribution is 5.77. The van der Waals surface area contributed by atoms with E-state index in [0.717, 1.165) is 6.42 Å². The highest BCUT2D eigenvalue weighted by atomic mass is 16.6. The second-order valence-electron chi connectivity index (χ2n) is 3.74. The first-order chi connectivity index (χ1) is 5.27. The fourth-order valence-corrected chi connectivity index (χ4v) is 2.58. The molecular weight excluding hydrogens is 144 g/mol. The SMILES string of the molecule is C[C@@H]1C2CC3OC(=O)C1C3O2. The van der Waals surface area contributed by atoms with Crippen molar-refractivity contribution in [1.29, 1.82) is 0 Å². The van der Waals surface area contributed by atoms with Crippen LogP contribution >= 0.6 is 0 Å². The van der Waals surface area contributed by atoms with Gasteiger partial charge in [-0.15, -0.1) is 0 Å². The number of hydrogen-bond donors (Lipinski definition) is 0. The molecule has 3 nitrogen and oxygen atoms in total. The van der Waals surface area contributed by atoms with Crippen molar-refractivity contribution < 1.29 is 14.3 Å². The lowest BCUT2D eigenvalue weighted by Crippen LogP contribution is -2.29. The van der Waals surface area contributed by atoms with Crippen molar-refractivity contribution in [2.24, 2.45) is 11.8 Å². The Morgan fingerprint density at radius 1 is 1.45 bits per heavy atom. The van der Waals surface area contributed by atoms with Crippen molar-refractivity contribution in [3.8, 4) is 0 Å². The number of ether oxygens (including phenoxy) is 2. The van der Waals surface area contributed by atoms with Crippen molar-refractivity contribution in [1.82, 2.24) is 0 Å². The summed E-state index contributed by atoms with van der Waals surface area (Å²) in [7, 11) is 0. The summed E-state index contributed by atoms with van der Waals surface area (Å²) in [4.78, 5) is 11.2. The van der Waals surface area contributed by atoms with Crippen molar-refractivity contribution in [3.63, 3.8) is 0 Å². The maximum absolute atomic E-state index is 11.2. The van der Waals surface area contributed by atoms with E-state index in [0.29, 0.717) is 12.0 Å². The molecule has 0 aliphatic carbocycles. The van der Waals surface area contributed by atoms with Gasteiger partial charge in [0.1, 0.15) is 12.2 Å². The van der Waals surface area contributed by atoms with Gasteiger partial charge in [-0.2, -0.15) is 0 Å². The van der Waals surface area contributed by atoms with Crippen LogP contribution in [0.4, 0.5) is 0 Å². The largest absolute Gasteiger partial charge is 0.459 e. The lowest BCUT2D eigenvalue weighted by atomic mass is 9.81. The summed E-state index contributed by atoms with van der Waals surface area (Å²) in [6.45, 7) is 2.08. The van der Waals surface area contributed by atoms with E-state index in [4.69, 9.17) is 9.47 Å². The Kier molecular flexibility index (Phi) is 0.876. The summed E-state index contributed by atoms with van der Waals surface area (Å²) < 4.78 is 10.7. The third-order valence-electron chi connectivity index (χ3n) is 3.21. The summed E-state index contributed by atoms with van der Waals surface area (Å²) in [5, 5.41) is 0. The number of esters is 1. The van der Waals surface area contributed by atoms with Gasteiger partial charge in [0.25, 0.3) is 0 Å². The van der Waals surface area contributed by atoms with Crippen LogP contribution in [0, 0.1) is 11.8 Å². The zero-order valence-corrected chi connectivity index (χ0v) is 6.32. The number of rotatable bonds is 0. The molecule has 5 atom stereocenters. The van der Waals surface area contributed by atoms with Crippen LogP contribution in [0.15, 0.2) is 0 Å². The van der Waals surface area contributed by atoms with Crippen LogP contribution in [-0.2, 0) is 14.3 Å². The van der Waals surface area contributed by atoms with Gasteiger partial charge in [-0.05, 0) is 5.92 Å². The van der Waals surface area contributed by atoms with Crippen LogP contribution in [0.2, 0.25) is 0 Å². The molecule has 3 heteroatoms. The van der Waals surface area contributed by atoms with Gasteiger partial charge >= 0.3 is 5.97 Å². The average molecular weight is 154 g/mol. The van der Waals surface area contributed by atoms with Gasteiger partial charge in [-0.25, -0.2) is 0 Å². The second kappa shape index (κ2) is 1.61. The van der Waals surface area contributed by atoms with Gasteiger partial charge in [0, 0.05) is 6.42 Å². The summed E-state index contributed by atoms with van der Waals surface area (Å²) in [6, 6.07) is 0. The molecule has 4 unspecified atom stereocenters. The zero-order valence-electron chi connectivity index (χ0n) is 6.32. The summed E-state index contributed by atoms with van der Waals surface area (Å²) in [5.74, 6) is 0.400. The molecule has 0 aromatic carbocycles. The highest BCUT2D eigenvalue weighted by Gasteiger charge is 2.61. The molecule has 0 saturated carbocycles. The maximum Gasteiger partial charge on any atom is 0.312 e. The summed E-state index contributed by atoms with van der Waals surface area (Å²) >= 11 is 0. The molecule has 3 rings (SSSR count). The van der Waals surface area contributed by atoms with Crippen molar-refractivity contribution in [3.05, 3.63) is 0 Å². The number of hydrogen-bond acceptors (Lipinski definition) is 3. The van der Waals surface area contributed by atoms with Crippen LogP contribution in [-0.4, -0.2) is 24.3 Å². The number of carbonyl (C=O) groups excluding carboxylic acids is 1. The van der Waals surface area contributed by atoms with Crippen molar-refractivity contribution in [2.75, 3.05) is 0 Å². The first-order valence-electron chi connectivity index (χ1n) is 4.13. The minimum Gasteiger partial charge on any atom is -0.459 e. The molecule has 0 aromatic heterocycles. The van der Waals surface area contributed by atoms with E-state index >= 15 is 0 Å². The van der Waals surface area contributed by atoms with Crippen LogP contribution < -0.4 is 0 Å². The van der Waals surface area contributed by atoms with Gasteiger partial charge in [0.05, 0.1) is 12.0 Å². The van der Waals surface area contributed by atoms with Crippen LogP contribution in [0.25, 0.3) is 0 Å². The Morgan fingerprint density at radius 2 is 2.27 bits per heavy atom. The van der Waals surface area contributed by atoms with E-state index in [9.17, 15) is 4.79 Å². The van der Waals surface area contributed by atoms with E-state index < -0.39 is 0 Å². The fraction of sp³-hybridized carbons (Fsp3) is 0.875. The van der Waals surface area contributed by atoms with Gasteiger partial charge in [-0.1, -0.05) is 6.92 Å². The minimum absolute atomic E-state index is 0.0347. The molecule has 0 radical (unpaired) electrons. The Bertz CT molecular complexity index is 223. The maximum atomic E-state index is 11.2. The van der Waals surface area contributed by atoms with E-state index in [2.05, 4.69) is 6.92 Å². The predicted molar refractivity (Wildman–Crippen MR) is 35.8 cm³/mol. The Balaban J connectivity index is 2.05. The molecule has 11 heavy (non-hydrogen) atoms. The second-order valence-corrected chi connectivity index (χ2v) is 3.74. The zero-order chi connectivity index (χ0) is 7.59. The van der Waals surface area contributed by atoms with E-state index in [-0.39, 0.29) is 24.1 Å². The molecule has 0 spiro atoms. The Hall–Kier alpha value is -0.570. The lowest BCUT2D eigenvalue weighted by molar-refractivity contribution is -0.144. The number of carbonyl (C=O) groups is 1. The molecule has 60 valence electrons. The van der Waals surface area contributed by atoms with E-state index in [1.54, 1.807) is 0 Å². The normalized spacial score (nSPS) is 58.6. The van der Waals surface area contributed by atoms with Gasteiger partial charge in [0.15, 0.2) is 0 Å². The molecule has 0 N–H and O–H groups in total. The molecule has 3 heterocycles. The first-order valence-corrected chi connectivity index (χ1v) is 4.13. The van der Waals surface area contributed by atoms with Crippen LogP contribution in [0.1, 0.15) is 13.3 Å². The third-order valence-corrected chi connectivity index (χ3v) is 3.21. The molecular formula is C8H10O3. The lowest BCUT2D eigenvalue weighted by Gasteiger charge is -2.15. The van der Waals surface area contributed by atoms with Crippen molar-refractivity contribution in [2.45, 2.75) is 31.7 Å². The minimum atomic E-state index is -0.0347. The van der Waals surface area contributed by atoms with Gasteiger partial charge in [0.2, 0.25) is 0 Å². The van der Waals surface area contributed by atoms with Gasteiger partial charge < -0.3 is 9.47 Å². The molecule has 0 aromatic rings. The predicted octanol–water partition coefficient (Wildman–Crippen LogP) is 0.335. The standard InChI is InChI=1S/C8H10O3/c1-3-4-2-5-7(10-4)6(3)8(9)11-5/h3-7H,2H2,1H3/t3-,4?,5?,6?,7?/m1/s1. The smallest absolute Gasteiger partial charge is 0.312 e. The first kappa shape index (κ1) is 6.00. The monoisotopic (exact) mass is 154 g/mol. The Morgan fingerprint density at radius 3 is 2.91 bits per heavy atom. The fourth-order valence-electron chi connectivity index (χ4n) is 2.58. The average Bonchev–Trinajstić information content (AvgIpc) is 2.47.